The summed E-state index contributed by atoms with van der Waals surface area (Å²) >= 11 is 6.96. The average molecular weight is 412 g/mol. The number of urea groups is 1. The Balaban J connectivity index is 3.26. The molecule has 0 heterocycles. The van der Waals surface area contributed by atoms with Crippen LogP contribution in [0.4, 0.5) is 4.79 Å². The molecule has 8 heteroatoms. The molecule has 0 bridgehead atoms. The van der Waals surface area contributed by atoms with Crippen molar-refractivity contribution < 1.29 is 19.0 Å². The van der Waals surface area contributed by atoms with Crippen molar-refractivity contribution in [2.24, 2.45) is 5.73 Å². The maximum Gasteiger partial charge on any atom is 0.312 e. The normalized spacial score (nSPS) is 10.1. The van der Waals surface area contributed by atoms with E-state index in [1.165, 1.54) is 7.11 Å². The minimum absolute atomic E-state index is 0.394. The number of ether oxygens (including phenoxy) is 3. The second-order valence-electron chi connectivity index (χ2n) is 3.75. The number of hydrogen-bond donors (Lipinski definition) is 2. The molecular formula is C12H16Br2N2O4. The molecule has 0 aliphatic rings. The van der Waals surface area contributed by atoms with Gasteiger partial charge in [-0.1, -0.05) is 0 Å². The second-order valence-corrected chi connectivity index (χ2v) is 5.33. The quantitative estimate of drug-likeness (QED) is 0.753. The first-order chi connectivity index (χ1) is 9.47. The summed E-state index contributed by atoms with van der Waals surface area (Å²) < 4.78 is 17.5. The molecule has 0 spiro atoms. The van der Waals surface area contributed by atoms with Gasteiger partial charge in [0.1, 0.15) is 0 Å². The van der Waals surface area contributed by atoms with Gasteiger partial charge in [0.2, 0.25) is 5.75 Å². The molecule has 0 radical (unpaired) electrons. The van der Waals surface area contributed by atoms with E-state index in [0.29, 0.717) is 30.2 Å². The molecule has 0 atom stereocenters. The molecule has 0 saturated carbocycles. The molecule has 1 rings (SSSR count). The van der Waals surface area contributed by atoms with Gasteiger partial charge in [-0.15, -0.1) is 0 Å². The molecular weight excluding hydrogens is 396 g/mol. The van der Waals surface area contributed by atoms with Gasteiger partial charge < -0.3 is 25.3 Å². The van der Waals surface area contributed by atoms with Crippen molar-refractivity contribution in [2.45, 2.75) is 6.42 Å². The lowest BCUT2D eigenvalue weighted by molar-refractivity contribution is 0.249. The van der Waals surface area contributed by atoms with Gasteiger partial charge in [0, 0.05) is 6.54 Å². The minimum Gasteiger partial charge on any atom is -0.492 e. The Kier molecular flexibility index (Phi) is 6.41. The number of benzene rings is 1. The molecule has 20 heavy (non-hydrogen) atoms. The zero-order valence-corrected chi connectivity index (χ0v) is 14.6. The number of nitrogens with one attached hydrogen (secondary N) is 1. The molecule has 6 nitrogen and oxygen atoms in total. The van der Waals surface area contributed by atoms with E-state index in [1.807, 2.05) is 0 Å². The number of halogens is 2. The fourth-order valence-corrected chi connectivity index (χ4v) is 3.50. The van der Waals surface area contributed by atoms with Crippen molar-refractivity contribution in [1.82, 2.24) is 5.32 Å². The van der Waals surface area contributed by atoms with E-state index < -0.39 is 6.03 Å². The Morgan fingerprint density at radius 1 is 1.05 bits per heavy atom. The third-order valence-corrected chi connectivity index (χ3v) is 4.31. The highest BCUT2D eigenvalue weighted by molar-refractivity contribution is 9.11. The number of carbonyl (C=O) groups excluding carboxylic acids is 1. The molecule has 1 aromatic carbocycles. The van der Waals surface area contributed by atoms with Gasteiger partial charge in [0.25, 0.3) is 0 Å². The number of carbonyl (C=O) groups is 1. The Labute approximate surface area is 134 Å². The molecule has 0 aliphatic heterocycles. The Bertz CT molecular complexity index is 478. The van der Waals surface area contributed by atoms with Crippen molar-refractivity contribution >= 4 is 37.9 Å². The summed E-state index contributed by atoms with van der Waals surface area (Å²) in [6.07, 6.45) is 0.542. The third-order valence-electron chi connectivity index (χ3n) is 2.63. The fourth-order valence-electron chi connectivity index (χ4n) is 1.75. The number of nitrogens with two attached hydrogens (primary N) is 1. The standard InChI is InChI=1S/C12H16Br2N2O4/c1-18-9-7(13)6(4-5-16-12(15)17)8(14)10(19-2)11(9)20-3/h4-5H2,1-3H3,(H3,15,16,17). The van der Waals surface area contributed by atoms with Crippen molar-refractivity contribution in [3.63, 3.8) is 0 Å². The van der Waals surface area contributed by atoms with Crippen molar-refractivity contribution in [3.8, 4) is 17.2 Å². The van der Waals surface area contributed by atoms with E-state index >= 15 is 0 Å². The first kappa shape index (κ1) is 16.9. The Morgan fingerprint density at radius 3 is 1.85 bits per heavy atom. The zero-order valence-electron chi connectivity index (χ0n) is 11.4. The lowest BCUT2D eigenvalue weighted by Gasteiger charge is -2.19. The summed E-state index contributed by atoms with van der Waals surface area (Å²) in [7, 11) is 4.62. The van der Waals surface area contributed by atoms with Crippen LogP contribution in [-0.2, 0) is 6.42 Å². The Morgan fingerprint density at radius 2 is 1.50 bits per heavy atom. The fraction of sp³-hybridized carbons (Fsp3) is 0.417. The molecule has 0 unspecified atom stereocenters. The lowest BCUT2D eigenvalue weighted by atomic mass is 10.1. The minimum atomic E-state index is -0.565. The zero-order chi connectivity index (χ0) is 15.3. The lowest BCUT2D eigenvalue weighted by Crippen LogP contribution is -2.31. The van der Waals surface area contributed by atoms with Crippen molar-refractivity contribution in [1.29, 1.82) is 0 Å². The third kappa shape index (κ3) is 3.49. The molecule has 112 valence electrons. The van der Waals surface area contributed by atoms with Gasteiger partial charge in [-0.2, -0.15) is 0 Å². The van der Waals surface area contributed by atoms with Crippen molar-refractivity contribution in [3.05, 3.63) is 14.5 Å². The van der Waals surface area contributed by atoms with E-state index in [2.05, 4.69) is 37.2 Å². The van der Waals surface area contributed by atoms with Crippen molar-refractivity contribution in [2.75, 3.05) is 27.9 Å². The van der Waals surface area contributed by atoms with Crippen LogP contribution in [0.1, 0.15) is 5.56 Å². The van der Waals surface area contributed by atoms with Crippen LogP contribution in [0.15, 0.2) is 8.95 Å². The van der Waals surface area contributed by atoms with Crippen LogP contribution in [0, 0.1) is 0 Å². The molecule has 3 N–H and O–H groups in total. The van der Waals surface area contributed by atoms with Gasteiger partial charge >= 0.3 is 6.03 Å². The highest BCUT2D eigenvalue weighted by Gasteiger charge is 2.23. The van der Waals surface area contributed by atoms with E-state index in [4.69, 9.17) is 19.9 Å². The summed E-state index contributed by atoms with van der Waals surface area (Å²) in [6.45, 7) is 0.394. The van der Waals surface area contributed by atoms with Gasteiger partial charge in [0.15, 0.2) is 11.5 Å². The van der Waals surface area contributed by atoms with Gasteiger partial charge in [-0.3, -0.25) is 0 Å². The summed E-state index contributed by atoms with van der Waals surface area (Å²) in [5.41, 5.74) is 5.93. The van der Waals surface area contributed by atoms with E-state index in [1.54, 1.807) is 14.2 Å². The Hall–Kier alpha value is -1.15. The largest absolute Gasteiger partial charge is 0.492 e. The topological polar surface area (TPSA) is 82.8 Å². The molecule has 0 aromatic heterocycles. The number of hydrogen-bond acceptors (Lipinski definition) is 4. The monoisotopic (exact) mass is 410 g/mol. The number of methoxy groups -OCH3 is 3. The predicted octanol–water partition coefficient (Wildman–Crippen LogP) is 2.45. The van der Waals surface area contributed by atoms with Gasteiger partial charge in [-0.05, 0) is 43.8 Å². The van der Waals surface area contributed by atoms with E-state index in [0.717, 1.165) is 14.5 Å². The summed E-state index contributed by atoms with van der Waals surface area (Å²) in [5.74, 6) is 1.55. The predicted molar refractivity (Wildman–Crippen MR) is 82.8 cm³/mol. The molecule has 0 fully saturated rings. The van der Waals surface area contributed by atoms with Gasteiger partial charge in [0.05, 0.1) is 30.3 Å². The summed E-state index contributed by atoms with van der Waals surface area (Å²) in [4.78, 5) is 10.7. The smallest absolute Gasteiger partial charge is 0.312 e. The molecule has 0 aliphatic carbocycles. The van der Waals surface area contributed by atoms with E-state index in [9.17, 15) is 4.79 Å². The number of primary amides is 1. The second kappa shape index (κ2) is 7.58. The maximum absolute atomic E-state index is 10.7. The van der Waals surface area contributed by atoms with Crippen LogP contribution in [-0.4, -0.2) is 33.9 Å². The first-order valence-corrected chi connectivity index (χ1v) is 7.25. The number of rotatable bonds is 6. The first-order valence-electron chi connectivity index (χ1n) is 5.66. The van der Waals surface area contributed by atoms with Crippen LogP contribution in [0.5, 0.6) is 17.2 Å². The van der Waals surface area contributed by atoms with Crippen LogP contribution < -0.4 is 25.3 Å². The van der Waals surface area contributed by atoms with E-state index in [-0.39, 0.29) is 0 Å². The highest BCUT2D eigenvalue weighted by Crippen LogP contribution is 2.50. The van der Waals surface area contributed by atoms with Crippen LogP contribution >= 0.6 is 31.9 Å². The molecule has 2 amide bonds. The molecule has 0 saturated heterocycles. The highest BCUT2D eigenvalue weighted by atomic mass is 79.9. The van der Waals surface area contributed by atoms with Crippen LogP contribution in [0.2, 0.25) is 0 Å². The van der Waals surface area contributed by atoms with Crippen LogP contribution in [0.25, 0.3) is 0 Å². The average Bonchev–Trinajstić information content (AvgIpc) is 2.41. The van der Waals surface area contributed by atoms with Crippen LogP contribution in [0.3, 0.4) is 0 Å². The number of amides is 2. The maximum atomic E-state index is 10.7. The summed E-state index contributed by atoms with van der Waals surface area (Å²) in [6, 6.07) is -0.565. The van der Waals surface area contributed by atoms with Gasteiger partial charge in [-0.25, -0.2) is 4.79 Å². The SMILES string of the molecule is COc1c(Br)c(CCNC(N)=O)c(Br)c(OC)c1OC. The molecule has 1 aromatic rings. The summed E-state index contributed by atoms with van der Waals surface area (Å²) in [5, 5.41) is 2.54.